The van der Waals surface area contributed by atoms with Gasteiger partial charge in [-0.1, -0.05) is 30.3 Å². The van der Waals surface area contributed by atoms with E-state index in [0.29, 0.717) is 19.1 Å². The molecule has 0 bridgehead atoms. The van der Waals surface area contributed by atoms with Crippen molar-refractivity contribution in [3.8, 4) is 11.1 Å². The van der Waals surface area contributed by atoms with E-state index in [-0.39, 0.29) is 11.3 Å². The average molecular weight is 438 g/mol. The molecule has 1 aromatic carbocycles. The van der Waals surface area contributed by atoms with Crippen molar-refractivity contribution in [1.29, 1.82) is 0 Å². The van der Waals surface area contributed by atoms with Gasteiger partial charge in [0.1, 0.15) is 0 Å². The number of hydrogen-bond donors (Lipinski definition) is 1. The maximum Gasteiger partial charge on any atom is 0.226 e. The molecule has 0 radical (unpaired) electrons. The standard InChI is InChI=1S/C26H35N3O3/c1-31-16-13-29-12-8-22(20-29)18-28-25(30)26(9-14-32-15-10-26)17-21-4-6-23(7-5-21)24-3-2-11-27-19-24/h2-7,11,19,22H,8-10,12-18,20H2,1H3,(H,28,30)/t22-/m0/s1. The molecule has 2 aliphatic heterocycles. The number of methoxy groups -OCH3 is 1. The van der Waals surface area contributed by atoms with Gasteiger partial charge in [-0.3, -0.25) is 9.78 Å². The third-order valence-corrected chi connectivity index (χ3v) is 6.96. The molecule has 3 heterocycles. The van der Waals surface area contributed by atoms with Crippen LogP contribution in [0.25, 0.3) is 11.1 Å². The van der Waals surface area contributed by atoms with E-state index in [9.17, 15) is 4.79 Å². The number of nitrogens with zero attached hydrogens (tertiary/aromatic N) is 2. The summed E-state index contributed by atoms with van der Waals surface area (Å²) in [5, 5.41) is 3.31. The fourth-order valence-electron chi connectivity index (χ4n) is 4.91. The Balaban J connectivity index is 1.37. The quantitative estimate of drug-likeness (QED) is 0.653. The molecule has 0 aliphatic carbocycles. The molecule has 32 heavy (non-hydrogen) atoms. The summed E-state index contributed by atoms with van der Waals surface area (Å²) >= 11 is 0. The molecule has 6 heteroatoms. The van der Waals surface area contributed by atoms with Gasteiger partial charge in [-0.25, -0.2) is 0 Å². The second-order valence-electron chi connectivity index (χ2n) is 9.17. The maximum absolute atomic E-state index is 13.4. The summed E-state index contributed by atoms with van der Waals surface area (Å²) in [6, 6.07) is 12.6. The lowest BCUT2D eigenvalue weighted by Crippen LogP contribution is -2.47. The summed E-state index contributed by atoms with van der Waals surface area (Å²) in [6.45, 7) is 5.91. The van der Waals surface area contributed by atoms with Crippen LogP contribution in [0.1, 0.15) is 24.8 Å². The summed E-state index contributed by atoms with van der Waals surface area (Å²) in [7, 11) is 1.74. The van der Waals surface area contributed by atoms with E-state index in [0.717, 1.165) is 69.6 Å². The fourth-order valence-corrected chi connectivity index (χ4v) is 4.91. The lowest BCUT2D eigenvalue weighted by molar-refractivity contribution is -0.136. The van der Waals surface area contributed by atoms with Crippen molar-refractivity contribution in [2.75, 3.05) is 53.1 Å². The number of carbonyl (C=O) groups excluding carboxylic acids is 1. The highest BCUT2D eigenvalue weighted by atomic mass is 16.5. The first kappa shape index (κ1) is 22.9. The number of likely N-dealkylation sites (tertiary alicyclic amines) is 1. The van der Waals surface area contributed by atoms with Crippen molar-refractivity contribution < 1.29 is 14.3 Å². The molecular formula is C26H35N3O3. The number of pyridine rings is 1. The predicted molar refractivity (Wildman–Crippen MR) is 125 cm³/mol. The summed E-state index contributed by atoms with van der Waals surface area (Å²) in [5.74, 6) is 0.707. The highest BCUT2D eigenvalue weighted by Gasteiger charge is 2.40. The van der Waals surface area contributed by atoms with Gasteiger partial charge in [0.05, 0.1) is 12.0 Å². The molecule has 0 unspecified atom stereocenters. The van der Waals surface area contributed by atoms with Crippen LogP contribution in [0.15, 0.2) is 48.8 Å². The Morgan fingerprint density at radius 1 is 1.22 bits per heavy atom. The number of rotatable bonds is 9. The molecule has 1 atom stereocenters. The Labute approximate surface area is 191 Å². The summed E-state index contributed by atoms with van der Waals surface area (Å²) in [6.07, 6.45) is 7.09. The molecule has 0 spiro atoms. The summed E-state index contributed by atoms with van der Waals surface area (Å²) in [4.78, 5) is 20.0. The molecule has 1 N–H and O–H groups in total. The Bertz CT molecular complexity index is 850. The van der Waals surface area contributed by atoms with Crippen molar-refractivity contribution in [2.45, 2.75) is 25.7 Å². The Morgan fingerprint density at radius 3 is 2.75 bits per heavy atom. The Kier molecular flexibility index (Phi) is 7.90. The van der Waals surface area contributed by atoms with Crippen molar-refractivity contribution in [3.63, 3.8) is 0 Å². The van der Waals surface area contributed by atoms with E-state index in [1.165, 1.54) is 5.56 Å². The van der Waals surface area contributed by atoms with E-state index >= 15 is 0 Å². The van der Waals surface area contributed by atoms with Crippen LogP contribution < -0.4 is 5.32 Å². The zero-order valence-corrected chi connectivity index (χ0v) is 19.1. The molecule has 6 nitrogen and oxygen atoms in total. The highest BCUT2D eigenvalue weighted by Crippen LogP contribution is 2.35. The van der Waals surface area contributed by atoms with Crippen LogP contribution in [0, 0.1) is 11.3 Å². The van der Waals surface area contributed by atoms with Gasteiger partial charge in [0.25, 0.3) is 0 Å². The minimum atomic E-state index is -0.386. The minimum Gasteiger partial charge on any atom is -0.383 e. The first-order valence-electron chi connectivity index (χ1n) is 11.8. The van der Waals surface area contributed by atoms with Crippen molar-refractivity contribution in [3.05, 3.63) is 54.4 Å². The van der Waals surface area contributed by atoms with Crippen molar-refractivity contribution in [1.82, 2.24) is 15.2 Å². The number of ether oxygens (including phenoxy) is 2. The zero-order valence-electron chi connectivity index (χ0n) is 19.1. The Morgan fingerprint density at radius 2 is 2.03 bits per heavy atom. The summed E-state index contributed by atoms with van der Waals surface area (Å²) < 4.78 is 10.8. The smallest absolute Gasteiger partial charge is 0.226 e. The minimum absolute atomic E-state index is 0.187. The average Bonchev–Trinajstić information content (AvgIpc) is 3.30. The molecule has 2 aromatic rings. The van der Waals surface area contributed by atoms with Crippen LogP contribution in [0.5, 0.6) is 0 Å². The molecule has 172 valence electrons. The first-order chi connectivity index (χ1) is 15.7. The molecule has 4 rings (SSSR count). The summed E-state index contributed by atoms with van der Waals surface area (Å²) in [5.41, 5.74) is 3.06. The molecular weight excluding hydrogens is 402 g/mol. The lowest BCUT2D eigenvalue weighted by Gasteiger charge is -2.36. The van der Waals surface area contributed by atoms with Crippen molar-refractivity contribution >= 4 is 5.91 Å². The van der Waals surface area contributed by atoms with Gasteiger partial charge in [-0.15, -0.1) is 0 Å². The molecule has 0 saturated carbocycles. The van der Waals surface area contributed by atoms with Gasteiger partial charge < -0.3 is 19.7 Å². The number of aromatic nitrogens is 1. The van der Waals surface area contributed by atoms with Crippen LogP contribution >= 0.6 is 0 Å². The van der Waals surface area contributed by atoms with Gasteiger partial charge in [0, 0.05) is 52.4 Å². The monoisotopic (exact) mass is 437 g/mol. The number of carbonyl (C=O) groups is 1. The SMILES string of the molecule is COCCN1CC[C@@H](CNC(=O)C2(Cc3ccc(-c4cccnc4)cc3)CCOCC2)C1. The van der Waals surface area contributed by atoms with Crippen molar-refractivity contribution in [2.24, 2.45) is 11.3 Å². The van der Waals surface area contributed by atoms with Gasteiger partial charge in [-0.2, -0.15) is 0 Å². The first-order valence-corrected chi connectivity index (χ1v) is 11.8. The van der Waals surface area contributed by atoms with E-state index in [4.69, 9.17) is 9.47 Å². The third-order valence-electron chi connectivity index (χ3n) is 6.96. The van der Waals surface area contributed by atoms with Crippen LogP contribution in [0.2, 0.25) is 0 Å². The zero-order chi connectivity index (χ0) is 22.2. The highest BCUT2D eigenvalue weighted by molar-refractivity contribution is 5.83. The fraction of sp³-hybridized carbons (Fsp3) is 0.538. The largest absolute Gasteiger partial charge is 0.383 e. The number of amides is 1. The van der Waals surface area contributed by atoms with Gasteiger partial charge in [-0.05, 0) is 60.9 Å². The molecule has 1 aromatic heterocycles. The number of nitrogens with one attached hydrogen (secondary N) is 1. The van der Waals surface area contributed by atoms with Gasteiger partial charge >= 0.3 is 0 Å². The third kappa shape index (κ3) is 5.74. The molecule has 1 amide bonds. The second-order valence-corrected chi connectivity index (χ2v) is 9.17. The van der Waals surface area contributed by atoms with Gasteiger partial charge in [0.15, 0.2) is 0 Å². The van der Waals surface area contributed by atoms with E-state index in [1.807, 2.05) is 12.3 Å². The van der Waals surface area contributed by atoms with Crippen LogP contribution in [-0.4, -0.2) is 68.9 Å². The Hall–Kier alpha value is -2.28. The van der Waals surface area contributed by atoms with Crippen LogP contribution in [-0.2, 0) is 20.7 Å². The molecule has 2 aliphatic rings. The van der Waals surface area contributed by atoms with E-state index in [1.54, 1.807) is 13.3 Å². The van der Waals surface area contributed by atoms with E-state index < -0.39 is 0 Å². The van der Waals surface area contributed by atoms with Gasteiger partial charge in [0.2, 0.25) is 5.91 Å². The van der Waals surface area contributed by atoms with Crippen LogP contribution in [0.4, 0.5) is 0 Å². The second kappa shape index (κ2) is 11.0. The normalized spacial score (nSPS) is 20.8. The molecule has 2 saturated heterocycles. The number of hydrogen-bond acceptors (Lipinski definition) is 5. The predicted octanol–water partition coefficient (Wildman–Crippen LogP) is 3.17. The molecule has 2 fully saturated rings. The van der Waals surface area contributed by atoms with E-state index in [2.05, 4.69) is 45.5 Å². The van der Waals surface area contributed by atoms with Crippen LogP contribution in [0.3, 0.4) is 0 Å². The number of benzene rings is 1. The lowest BCUT2D eigenvalue weighted by atomic mass is 9.74. The topological polar surface area (TPSA) is 63.7 Å². The maximum atomic E-state index is 13.4.